The summed E-state index contributed by atoms with van der Waals surface area (Å²) in [6.07, 6.45) is -1.33. The summed E-state index contributed by atoms with van der Waals surface area (Å²) in [5.74, 6) is 0.279. The van der Waals surface area contributed by atoms with Crippen molar-refractivity contribution in [1.29, 1.82) is 0 Å². The van der Waals surface area contributed by atoms with Gasteiger partial charge in [-0.2, -0.15) is 0 Å². The molecule has 0 bridgehead atoms. The van der Waals surface area contributed by atoms with Gasteiger partial charge < -0.3 is 15.3 Å². The quantitative estimate of drug-likeness (QED) is 0.519. The molecule has 0 amide bonds. The summed E-state index contributed by atoms with van der Waals surface area (Å²) in [7, 11) is 0. The minimum atomic E-state index is -0.960. The Labute approximate surface area is 79.4 Å². The highest BCUT2D eigenvalue weighted by Gasteiger charge is 2.39. The van der Waals surface area contributed by atoms with Crippen LogP contribution in [0, 0.1) is 11.3 Å². The van der Waals surface area contributed by atoms with E-state index >= 15 is 0 Å². The molecule has 0 aromatic heterocycles. The zero-order valence-corrected chi connectivity index (χ0v) is 8.57. The third kappa shape index (κ3) is 2.42. The maximum absolute atomic E-state index is 9.47. The van der Waals surface area contributed by atoms with Crippen LogP contribution in [0.5, 0.6) is 0 Å². The third-order valence-corrected chi connectivity index (χ3v) is 3.07. The van der Waals surface area contributed by atoms with Gasteiger partial charge in [-0.3, -0.25) is 0 Å². The fourth-order valence-corrected chi connectivity index (χ4v) is 1.92. The Kier molecular flexibility index (Phi) is 3.00. The molecule has 3 heteroatoms. The third-order valence-electron chi connectivity index (χ3n) is 3.07. The van der Waals surface area contributed by atoms with Crippen molar-refractivity contribution in [3.63, 3.8) is 0 Å². The Morgan fingerprint density at radius 3 is 1.62 bits per heavy atom. The molecule has 0 aromatic rings. The van der Waals surface area contributed by atoms with Gasteiger partial charge in [-0.25, -0.2) is 0 Å². The molecule has 0 heterocycles. The van der Waals surface area contributed by atoms with E-state index in [0.29, 0.717) is 12.8 Å². The van der Waals surface area contributed by atoms with Crippen molar-refractivity contribution in [3.8, 4) is 0 Å². The second kappa shape index (κ2) is 3.56. The van der Waals surface area contributed by atoms with Crippen molar-refractivity contribution in [2.24, 2.45) is 11.3 Å². The lowest BCUT2D eigenvalue weighted by Crippen LogP contribution is -2.47. The van der Waals surface area contributed by atoms with Crippen LogP contribution in [0.4, 0.5) is 0 Å². The van der Waals surface area contributed by atoms with Gasteiger partial charge >= 0.3 is 0 Å². The van der Waals surface area contributed by atoms with Crippen LogP contribution in [0.25, 0.3) is 0 Å². The highest BCUT2D eigenvalue weighted by molar-refractivity contribution is 4.90. The van der Waals surface area contributed by atoms with Gasteiger partial charge in [-0.1, -0.05) is 20.8 Å². The molecule has 0 aliphatic heterocycles. The van der Waals surface area contributed by atoms with Crippen LogP contribution >= 0.6 is 0 Å². The first-order valence-corrected chi connectivity index (χ1v) is 4.86. The van der Waals surface area contributed by atoms with Gasteiger partial charge in [0.2, 0.25) is 0 Å². The van der Waals surface area contributed by atoms with E-state index in [1.807, 2.05) is 0 Å². The van der Waals surface area contributed by atoms with Crippen LogP contribution in [0.1, 0.15) is 33.6 Å². The standard InChI is InChI=1S/C10H20O3/c1-10(2,3)6-4-7(11)9(13)8(12)5-6/h6-9,11-13H,4-5H2,1-3H3/t6?,7-,8-,9?/m0/s1. The average molecular weight is 188 g/mol. The Hall–Kier alpha value is -0.120. The van der Waals surface area contributed by atoms with E-state index in [1.165, 1.54) is 0 Å². The number of hydrogen-bond acceptors (Lipinski definition) is 3. The molecule has 0 radical (unpaired) electrons. The Morgan fingerprint density at radius 2 is 1.31 bits per heavy atom. The summed E-state index contributed by atoms with van der Waals surface area (Å²) in [6, 6.07) is 0. The molecule has 13 heavy (non-hydrogen) atoms. The summed E-state index contributed by atoms with van der Waals surface area (Å²) in [5, 5.41) is 28.3. The zero-order chi connectivity index (χ0) is 10.2. The molecule has 3 nitrogen and oxygen atoms in total. The molecule has 1 saturated carbocycles. The van der Waals surface area contributed by atoms with Gasteiger partial charge in [0.15, 0.2) is 0 Å². The van der Waals surface area contributed by atoms with Gasteiger partial charge in [0.05, 0.1) is 12.2 Å². The number of hydrogen-bond donors (Lipinski definition) is 3. The van der Waals surface area contributed by atoms with E-state index in [-0.39, 0.29) is 11.3 Å². The summed E-state index contributed by atoms with van der Waals surface area (Å²) < 4.78 is 0. The Bertz CT molecular complexity index is 161. The van der Waals surface area contributed by atoms with Crippen molar-refractivity contribution >= 4 is 0 Å². The predicted octanol–water partition coefficient (Wildman–Crippen LogP) is 0.525. The summed E-state index contributed by atoms with van der Waals surface area (Å²) in [6.45, 7) is 6.28. The fourth-order valence-electron chi connectivity index (χ4n) is 1.92. The van der Waals surface area contributed by atoms with Gasteiger partial charge in [0.1, 0.15) is 6.10 Å². The first kappa shape index (κ1) is 11.0. The molecule has 0 saturated heterocycles. The first-order chi connectivity index (χ1) is 5.82. The second-order valence-corrected chi connectivity index (χ2v) is 5.16. The molecule has 1 aliphatic rings. The number of rotatable bonds is 0. The molecule has 0 unspecified atom stereocenters. The van der Waals surface area contributed by atoms with E-state index in [9.17, 15) is 15.3 Å². The van der Waals surface area contributed by atoms with Crippen molar-refractivity contribution in [1.82, 2.24) is 0 Å². The molecule has 0 aromatic carbocycles. The first-order valence-electron chi connectivity index (χ1n) is 4.86. The van der Waals surface area contributed by atoms with Crippen molar-refractivity contribution in [2.75, 3.05) is 0 Å². The smallest absolute Gasteiger partial charge is 0.106 e. The van der Waals surface area contributed by atoms with E-state index in [0.717, 1.165) is 0 Å². The molecule has 1 fully saturated rings. The normalized spacial score (nSPS) is 42.0. The molecule has 1 aliphatic carbocycles. The van der Waals surface area contributed by atoms with Crippen molar-refractivity contribution in [3.05, 3.63) is 0 Å². The van der Waals surface area contributed by atoms with Gasteiger partial charge in [-0.05, 0) is 24.2 Å². The van der Waals surface area contributed by atoms with E-state index in [1.54, 1.807) is 0 Å². The van der Waals surface area contributed by atoms with E-state index in [2.05, 4.69) is 20.8 Å². The minimum Gasteiger partial charge on any atom is -0.390 e. The SMILES string of the molecule is CC(C)(C)C1C[C@H](O)C(O)[C@@H](O)C1. The highest BCUT2D eigenvalue weighted by Crippen LogP contribution is 2.37. The summed E-state index contributed by atoms with van der Waals surface area (Å²) >= 11 is 0. The Morgan fingerprint density at radius 1 is 0.923 bits per heavy atom. The van der Waals surface area contributed by atoms with Crippen LogP contribution in [0.15, 0.2) is 0 Å². The highest BCUT2D eigenvalue weighted by atomic mass is 16.4. The predicted molar refractivity (Wildman–Crippen MR) is 50.2 cm³/mol. The van der Waals surface area contributed by atoms with Gasteiger partial charge in [-0.15, -0.1) is 0 Å². The summed E-state index contributed by atoms with van der Waals surface area (Å²) in [4.78, 5) is 0. The monoisotopic (exact) mass is 188 g/mol. The minimum absolute atomic E-state index is 0.0854. The van der Waals surface area contributed by atoms with E-state index < -0.39 is 18.3 Å². The molecule has 0 spiro atoms. The largest absolute Gasteiger partial charge is 0.390 e. The van der Waals surface area contributed by atoms with E-state index in [4.69, 9.17) is 0 Å². The van der Waals surface area contributed by atoms with Crippen LogP contribution in [-0.4, -0.2) is 33.6 Å². The maximum Gasteiger partial charge on any atom is 0.106 e. The molecular weight excluding hydrogens is 168 g/mol. The lowest BCUT2D eigenvalue weighted by atomic mass is 9.70. The number of aliphatic hydroxyl groups is 3. The average Bonchev–Trinajstić information content (AvgIpc) is 1.97. The topological polar surface area (TPSA) is 60.7 Å². The van der Waals surface area contributed by atoms with Gasteiger partial charge in [0, 0.05) is 0 Å². The summed E-state index contributed by atoms with van der Waals surface area (Å²) in [5.41, 5.74) is 0.0854. The molecule has 1 rings (SSSR count). The van der Waals surface area contributed by atoms with Crippen LogP contribution in [-0.2, 0) is 0 Å². The second-order valence-electron chi connectivity index (χ2n) is 5.16. The van der Waals surface area contributed by atoms with Gasteiger partial charge in [0.25, 0.3) is 0 Å². The molecule has 3 N–H and O–H groups in total. The number of aliphatic hydroxyl groups excluding tert-OH is 3. The molecule has 78 valence electrons. The van der Waals surface area contributed by atoms with Crippen LogP contribution in [0.2, 0.25) is 0 Å². The molecular formula is C10H20O3. The lowest BCUT2D eigenvalue weighted by Gasteiger charge is -2.40. The molecule has 2 atom stereocenters. The Balaban J connectivity index is 2.64. The van der Waals surface area contributed by atoms with Crippen molar-refractivity contribution in [2.45, 2.75) is 51.9 Å². The van der Waals surface area contributed by atoms with Crippen molar-refractivity contribution < 1.29 is 15.3 Å². The van der Waals surface area contributed by atoms with Crippen LogP contribution < -0.4 is 0 Å². The van der Waals surface area contributed by atoms with Crippen LogP contribution in [0.3, 0.4) is 0 Å². The maximum atomic E-state index is 9.47. The zero-order valence-electron chi connectivity index (χ0n) is 8.57. The fraction of sp³-hybridized carbons (Fsp3) is 1.00. The lowest BCUT2D eigenvalue weighted by molar-refractivity contribution is -0.113.